The van der Waals surface area contributed by atoms with E-state index in [4.69, 9.17) is 4.74 Å². The lowest BCUT2D eigenvalue weighted by Crippen LogP contribution is -2.45. The van der Waals surface area contributed by atoms with Crippen molar-refractivity contribution in [2.45, 2.75) is 59.1 Å². The molecule has 27 heavy (non-hydrogen) atoms. The molecule has 0 aromatic carbocycles. The Balaban J connectivity index is 1.83. The minimum absolute atomic E-state index is 0.0771. The van der Waals surface area contributed by atoms with Gasteiger partial charge in [-0.3, -0.25) is 4.99 Å². The van der Waals surface area contributed by atoms with Crippen LogP contribution < -0.4 is 15.5 Å². The van der Waals surface area contributed by atoms with Crippen molar-refractivity contribution in [1.82, 2.24) is 15.6 Å². The third kappa shape index (κ3) is 7.01. The van der Waals surface area contributed by atoms with Gasteiger partial charge in [-0.25, -0.2) is 4.98 Å². The first-order valence-electron chi connectivity index (χ1n) is 10.1. The van der Waals surface area contributed by atoms with E-state index < -0.39 is 0 Å². The minimum atomic E-state index is 0.0771. The largest absolute Gasteiger partial charge is 0.379 e. The summed E-state index contributed by atoms with van der Waals surface area (Å²) in [4.78, 5) is 11.4. The van der Waals surface area contributed by atoms with E-state index in [-0.39, 0.29) is 11.5 Å². The molecule has 1 atom stereocenters. The summed E-state index contributed by atoms with van der Waals surface area (Å²) in [7, 11) is 3.54. The summed E-state index contributed by atoms with van der Waals surface area (Å²) in [6, 6.07) is 4.29. The SMILES string of the molecule is CN=C(NCc1ccc(N2CCCCCC2)nc1)NCC(OC)C(C)(C)C. The molecule has 0 saturated carbocycles. The maximum Gasteiger partial charge on any atom is 0.191 e. The van der Waals surface area contributed by atoms with Crippen LogP contribution in [0.4, 0.5) is 5.82 Å². The number of hydrogen-bond donors (Lipinski definition) is 2. The molecule has 0 bridgehead atoms. The van der Waals surface area contributed by atoms with Gasteiger partial charge >= 0.3 is 0 Å². The summed E-state index contributed by atoms with van der Waals surface area (Å²) in [5, 5.41) is 6.71. The number of hydrogen-bond acceptors (Lipinski definition) is 4. The zero-order chi connectivity index (χ0) is 19.7. The lowest BCUT2D eigenvalue weighted by Gasteiger charge is -2.30. The summed E-state index contributed by atoms with van der Waals surface area (Å²) in [5.41, 5.74) is 1.23. The lowest BCUT2D eigenvalue weighted by molar-refractivity contribution is 0.0205. The maximum atomic E-state index is 5.59. The van der Waals surface area contributed by atoms with Gasteiger partial charge in [-0.1, -0.05) is 39.7 Å². The quantitative estimate of drug-likeness (QED) is 0.591. The fourth-order valence-electron chi connectivity index (χ4n) is 3.35. The van der Waals surface area contributed by atoms with Crippen LogP contribution >= 0.6 is 0 Å². The topological polar surface area (TPSA) is 61.8 Å². The maximum absolute atomic E-state index is 5.59. The van der Waals surface area contributed by atoms with Gasteiger partial charge in [0.25, 0.3) is 0 Å². The minimum Gasteiger partial charge on any atom is -0.379 e. The van der Waals surface area contributed by atoms with Crippen LogP contribution in [0.15, 0.2) is 23.3 Å². The molecule has 0 spiro atoms. The molecular formula is C21H37N5O. The molecule has 1 fully saturated rings. The lowest BCUT2D eigenvalue weighted by atomic mass is 9.89. The van der Waals surface area contributed by atoms with Gasteiger partial charge in [-0.2, -0.15) is 0 Å². The molecule has 1 aliphatic rings. The molecule has 2 heterocycles. The average molecular weight is 376 g/mol. The molecule has 1 aromatic heterocycles. The zero-order valence-corrected chi connectivity index (χ0v) is 17.7. The second-order valence-electron chi connectivity index (χ2n) is 8.32. The van der Waals surface area contributed by atoms with Crippen LogP contribution in [-0.4, -0.2) is 50.8 Å². The van der Waals surface area contributed by atoms with Gasteiger partial charge in [0, 0.05) is 46.5 Å². The number of guanidine groups is 1. The highest BCUT2D eigenvalue weighted by atomic mass is 16.5. The molecule has 1 aliphatic heterocycles. The van der Waals surface area contributed by atoms with E-state index in [1.807, 2.05) is 6.20 Å². The number of nitrogens with one attached hydrogen (secondary N) is 2. The molecule has 1 aromatic rings. The standard InChI is InChI=1S/C21H37N5O/c1-21(2,3)18(27-5)16-25-20(22-4)24-15-17-10-11-19(23-14-17)26-12-8-6-7-9-13-26/h10-11,14,18H,6-9,12-13,15-16H2,1-5H3,(H2,22,24,25). The van der Waals surface area contributed by atoms with Crippen molar-refractivity contribution in [3.8, 4) is 0 Å². The van der Waals surface area contributed by atoms with Gasteiger partial charge in [0.15, 0.2) is 5.96 Å². The van der Waals surface area contributed by atoms with Crippen molar-refractivity contribution in [3.63, 3.8) is 0 Å². The Labute approximate surface area is 164 Å². The second-order valence-corrected chi connectivity index (χ2v) is 8.32. The van der Waals surface area contributed by atoms with Crippen LogP contribution in [0.1, 0.15) is 52.0 Å². The predicted molar refractivity (Wildman–Crippen MR) is 113 cm³/mol. The Morgan fingerprint density at radius 2 is 1.89 bits per heavy atom. The first-order chi connectivity index (χ1) is 12.9. The Bertz CT molecular complexity index is 571. The summed E-state index contributed by atoms with van der Waals surface area (Å²) in [5.74, 6) is 1.87. The van der Waals surface area contributed by atoms with E-state index in [1.165, 1.54) is 25.7 Å². The molecule has 6 nitrogen and oxygen atoms in total. The van der Waals surface area contributed by atoms with E-state index in [0.29, 0.717) is 13.1 Å². The molecule has 0 radical (unpaired) electrons. The number of ether oxygens (including phenoxy) is 1. The number of methoxy groups -OCH3 is 1. The van der Waals surface area contributed by atoms with Crippen molar-refractivity contribution in [1.29, 1.82) is 0 Å². The van der Waals surface area contributed by atoms with Gasteiger partial charge in [-0.15, -0.1) is 0 Å². The van der Waals surface area contributed by atoms with Crippen LogP contribution in [0.25, 0.3) is 0 Å². The first-order valence-corrected chi connectivity index (χ1v) is 10.1. The smallest absolute Gasteiger partial charge is 0.191 e. The molecule has 2 rings (SSSR count). The van der Waals surface area contributed by atoms with E-state index in [2.05, 4.69) is 58.4 Å². The van der Waals surface area contributed by atoms with Crippen LogP contribution in [0.2, 0.25) is 0 Å². The van der Waals surface area contributed by atoms with Crippen molar-refractivity contribution >= 4 is 11.8 Å². The fourth-order valence-corrected chi connectivity index (χ4v) is 3.35. The summed E-state index contributed by atoms with van der Waals surface area (Å²) in [6.45, 7) is 10.2. The van der Waals surface area contributed by atoms with Crippen molar-refractivity contribution in [3.05, 3.63) is 23.9 Å². The molecular weight excluding hydrogens is 338 g/mol. The molecule has 6 heteroatoms. The number of anilines is 1. The van der Waals surface area contributed by atoms with E-state index in [0.717, 1.165) is 30.4 Å². The zero-order valence-electron chi connectivity index (χ0n) is 17.7. The van der Waals surface area contributed by atoms with E-state index in [9.17, 15) is 0 Å². The third-order valence-electron chi connectivity index (χ3n) is 5.13. The average Bonchev–Trinajstić information content (AvgIpc) is 2.93. The van der Waals surface area contributed by atoms with Crippen molar-refractivity contribution in [2.24, 2.45) is 10.4 Å². The van der Waals surface area contributed by atoms with Gasteiger partial charge in [-0.05, 0) is 29.9 Å². The number of pyridine rings is 1. The summed E-state index contributed by atoms with van der Waals surface area (Å²) < 4.78 is 5.59. The van der Waals surface area contributed by atoms with E-state index >= 15 is 0 Å². The Morgan fingerprint density at radius 1 is 1.19 bits per heavy atom. The highest BCUT2D eigenvalue weighted by Gasteiger charge is 2.24. The number of aliphatic imine (C=N–C) groups is 1. The number of rotatable bonds is 6. The summed E-state index contributed by atoms with van der Waals surface area (Å²) in [6.07, 6.45) is 7.29. The van der Waals surface area contributed by atoms with Crippen LogP contribution in [0.3, 0.4) is 0 Å². The van der Waals surface area contributed by atoms with Crippen LogP contribution in [-0.2, 0) is 11.3 Å². The summed E-state index contributed by atoms with van der Waals surface area (Å²) >= 11 is 0. The molecule has 1 unspecified atom stereocenters. The van der Waals surface area contributed by atoms with Gasteiger partial charge < -0.3 is 20.3 Å². The highest BCUT2D eigenvalue weighted by Crippen LogP contribution is 2.21. The Kier molecular flexibility index (Phi) is 8.35. The van der Waals surface area contributed by atoms with Gasteiger partial charge in [0.2, 0.25) is 0 Å². The molecule has 152 valence electrons. The van der Waals surface area contributed by atoms with Crippen molar-refractivity contribution in [2.75, 3.05) is 38.7 Å². The number of nitrogens with zero attached hydrogens (tertiary/aromatic N) is 3. The van der Waals surface area contributed by atoms with E-state index in [1.54, 1.807) is 14.2 Å². The highest BCUT2D eigenvalue weighted by molar-refractivity contribution is 5.79. The Morgan fingerprint density at radius 3 is 2.41 bits per heavy atom. The third-order valence-corrected chi connectivity index (χ3v) is 5.13. The van der Waals surface area contributed by atoms with Gasteiger partial charge in [0.05, 0.1) is 6.10 Å². The van der Waals surface area contributed by atoms with Crippen molar-refractivity contribution < 1.29 is 4.74 Å². The fraction of sp³-hybridized carbons (Fsp3) is 0.714. The molecule has 0 amide bonds. The monoisotopic (exact) mass is 375 g/mol. The molecule has 1 saturated heterocycles. The number of aromatic nitrogens is 1. The van der Waals surface area contributed by atoms with Crippen LogP contribution in [0, 0.1) is 5.41 Å². The molecule has 0 aliphatic carbocycles. The normalized spacial score (nSPS) is 17.4. The first kappa shape index (κ1) is 21.5. The predicted octanol–water partition coefficient (Wildman–Crippen LogP) is 3.19. The second kappa shape index (κ2) is 10.5. The Hall–Kier alpha value is -1.82. The van der Waals surface area contributed by atoms with Gasteiger partial charge in [0.1, 0.15) is 5.82 Å². The van der Waals surface area contributed by atoms with Crippen LogP contribution in [0.5, 0.6) is 0 Å². The molecule has 2 N–H and O–H groups in total.